The second-order valence-corrected chi connectivity index (χ2v) is 4.91. The lowest BCUT2D eigenvalue weighted by atomic mass is 10.6. The van der Waals surface area contributed by atoms with Crippen molar-refractivity contribution in [2.45, 2.75) is 18.6 Å². The molecule has 1 aromatic rings. The van der Waals surface area contributed by atoms with E-state index in [1.54, 1.807) is 16.4 Å². The minimum absolute atomic E-state index is 0.779. The highest BCUT2D eigenvalue weighted by Crippen LogP contribution is 2.18. The normalized spacial score (nSPS) is 10.5. The van der Waals surface area contributed by atoms with Crippen LogP contribution in [0.15, 0.2) is 16.2 Å². The van der Waals surface area contributed by atoms with Crippen LogP contribution in [0.2, 0.25) is 0 Å². The Balaban J connectivity index is 2.42. The first kappa shape index (κ1) is 12.7. The van der Waals surface area contributed by atoms with E-state index in [1.807, 2.05) is 0 Å². The lowest BCUT2D eigenvalue weighted by Gasteiger charge is -2.03. The molecule has 0 saturated heterocycles. The first-order valence-corrected chi connectivity index (χ1v) is 6.45. The zero-order valence-corrected chi connectivity index (χ0v) is 11.0. The molecule has 1 heterocycles. The lowest BCUT2D eigenvalue weighted by Crippen LogP contribution is -2.20. The molecule has 5 nitrogen and oxygen atoms in total. The average molecular weight is 292 g/mol. The van der Waals surface area contributed by atoms with Crippen LogP contribution >= 0.6 is 27.7 Å². The number of hydrogen-bond acceptors (Lipinski definition) is 5. The molecular weight excluding hydrogens is 278 g/mol. The number of rotatable bonds is 7. The smallest absolute Gasteiger partial charge is 0.209 e. The number of halogens is 1. The second kappa shape index (κ2) is 6.97. The third-order valence-corrected chi connectivity index (χ3v) is 3.30. The van der Waals surface area contributed by atoms with Gasteiger partial charge in [0, 0.05) is 12.3 Å². The topological polar surface area (TPSA) is 55.6 Å². The van der Waals surface area contributed by atoms with Crippen molar-refractivity contribution in [3.05, 3.63) is 11.1 Å². The molecule has 0 bridgehead atoms. The predicted octanol–water partition coefficient (Wildman–Crippen LogP) is 1.28. The zero-order chi connectivity index (χ0) is 11.1. The summed E-state index contributed by atoms with van der Waals surface area (Å²) in [5.74, 6) is 0.779. The molecule has 0 fully saturated rings. The van der Waals surface area contributed by atoms with Gasteiger partial charge in [-0.3, -0.25) is 0 Å². The highest BCUT2D eigenvalue weighted by molar-refractivity contribution is 9.11. The van der Waals surface area contributed by atoms with Gasteiger partial charge in [-0.15, -0.1) is 5.10 Å². The summed E-state index contributed by atoms with van der Waals surface area (Å²) in [6.07, 6.45) is 0. The third kappa shape index (κ3) is 4.76. The van der Waals surface area contributed by atoms with Gasteiger partial charge in [0.2, 0.25) is 5.16 Å². The number of nitrogens with zero attached hydrogens (tertiary/aromatic N) is 4. The Morgan fingerprint density at radius 1 is 1.67 bits per heavy atom. The van der Waals surface area contributed by atoms with Crippen LogP contribution in [-0.4, -0.2) is 39.0 Å². The Bertz CT molecular complexity index is 314. The summed E-state index contributed by atoms with van der Waals surface area (Å²) in [5, 5.41) is 15.6. The maximum Gasteiger partial charge on any atom is 0.209 e. The minimum atomic E-state index is 0.779. The molecule has 0 unspecified atom stereocenters. The van der Waals surface area contributed by atoms with Crippen LogP contribution in [0, 0.1) is 0 Å². The van der Waals surface area contributed by atoms with Gasteiger partial charge in [0.1, 0.15) is 0 Å². The van der Waals surface area contributed by atoms with Crippen LogP contribution in [0.5, 0.6) is 0 Å². The molecule has 7 heteroatoms. The largest absolute Gasteiger partial charge is 0.315 e. The Kier molecular flexibility index (Phi) is 5.89. The Morgan fingerprint density at radius 3 is 3.13 bits per heavy atom. The van der Waals surface area contributed by atoms with Crippen LogP contribution in [0.3, 0.4) is 0 Å². The summed E-state index contributed by atoms with van der Waals surface area (Å²) in [6, 6.07) is 0. The van der Waals surface area contributed by atoms with Crippen molar-refractivity contribution in [3.8, 4) is 0 Å². The number of hydrogen-bond donors (Lipinski definition) is 1. The van der Waals surface area contributed by atoms with E-state index >= 15 is 0 Å². The molecule has 84 valence electrons. The van der Waals surface area contributed by atoms with E-state index in [-0.39, 0.29) is 0 Å². The van der Waals surface area contributed by atoms with Crippen LogP contribution in [0.1, 0.15) is 6.92 Å². The summed E-state index contributed by atoms with van der Waals surface area (Å²) in [7, 11) is 0. The van der Waals surface area contributed by atoms with Crippen LogP contribution < -0.4 is 5.32 Å². The molecule has 0 aliphatic carbocycles. The molecule has 15 heavy (non-hydrogen) atoms. The van der Waals surface area contributed by atoms with Crippen molar-refractivity contribution >= 4 is 27.7 Å². The van der Waals surface area contributed by atoms with E-state index in [0.717, 1.165) is 35.0 Å². The fourth-order valence-electron chi connectivity index (χ4n) is 0.945. The van der Waals surface area contributed by atoms with Crippen LogP contribution in [-0.2, 0) is 6.54 Å². The standard InChI is InChI=1S/C8H14BrN5S/c1-3-10-4-5-14-8(11-12-13-14)15-6-7(2)9/h10H,2-6H2,1H3. The molecular formula is C8H14BrN5S. The van der Waals surface area contributed by atoms with E-state index < -0.39 is 0 Å². The molecule has 0 radical (unpaired) electrons. The number of likely N-dealkylation sites (N-methyl/N-ethyl adjacent to an activating group) is 1. The highest BCUT2D eigenvalue weighted by atomic mass is 79.9. The fourth-order valence-corrected chi connectivity index (χ4v) is 1.94. The number of thioether (sulfide) groups is 1. The van der Waals surface area contributed by atoms with Gasteiger partial charge in [0.05, 0.1) is 6.54 Å². The minimum Gasteiger partial charge on any atom is -0.315 e. The van der Waals surface area contributed by atoms with E-state index in [0.29, 0.717) is 0 Å². The Hall–Kier alpha value is -0.400. The van der Waals surface area contributed by atoms with Gasteiger partial charge in [0.25, 0.3) is 0 Å². The van der Waals surface area contributed by atoms with E-state index in [9.17, 15) is 0 Å². The van der Waals surface area contributed by atoms with E-state index in [1.165, 1.54) is 0 Å². The first-order valence-electron chi connectivity index (χ1n) is 4.67. The summed E-state index contributed by atoms with van der Waals surface area (Å²) in [4.78, 5) is 0. The third-order valence-electron chi connectivity index (χ3n) is 1.61. The Labute approximate surface area is 102 Å². The van der Waals surface area contributed by atoms with Gasteiger partial charge in [-0.1, -0.05) is 41.2 Å². The lowest BCUT2D eigenvalue weighted by molar-refractivity contribution is 0.518. The molecule has 0 saturated carbocycles. The van der Waals surface area contributed by atoms with E-state index in [4.69, 9.17) is 0 Å². The number of tetrazole rings is 1. The molecule has 0 atom stereocenters. The van der Waals surface area contributed by atoms with Crippen LogP contribution in [0.25, 0.3) is 0 Å². The number of nitrogens with one attached hydrogen (secondary N) is 1. The van der Waals surface area contributed by atoms with Gasteiger partial charge < -0.3 is 5.32 Å². The van der Waals surface area contributed by atoms with Crippen molar-refractivity contribution in [3.63, 3.8) is 0 Å². The molecule has 1 N–H and O–H groups in total. The first-order chi connectivity index (χ1) is 7.24. The second-order valence-electron chi connectivity index (χ2n) is 2.84. The molecule has 1 rings (SSSR count). The van der Waals surface area contributed by atoms with Crippen molar-refractivity contribution < 1.29 is 0 Å². The van der Waals surface area contributed by atoms with Gasteiger partial charge in [0.15, 0.2) is 0 Å². The molecule has 0 aliphatic heterocycles. The molecule has 1 aromatic heterocycles. The molecule has 0 amide bonds. The van der Waals surface area contributed by atoms with Gasteiger partial charge >= 0.3 is 0 Å². The summed E-state index contributed by atoms with van der Waals surface area (Å²) < 4.78 is 2.73. The summed E-state index contributed by atoms with van der Waals surface area (Å²) in [5.41, 5.74) is 0. The van der Waals surface area contributed by atoms with Crippen LogP contribution in [0.4, 0.5) is 0 Å². The van der Waals surface area contributed by atoms with Crippen molar-refractivity contribution in [1.29, 1.82) is 0 Å². The highest BCUT2D eigenvalue weighted by Gasteiger charge is 2.05. The van der Waals surface area contributed by atoms with Crippen molar-refractivity contribution in [2.24, 2.45) is 0 Å². The van der Waals surface area contributed by atoms with Crippen molar-refractivity contribution in [2.75, 3.05) is 18.8 Å². The molecule has 0 aromatic carbocycles. The predicted molar refractivity (Wildman–Crippen MR) is 65.2 cm³/mol. The monoisotopic (exact) mass is 291 g/mol. The van der Waals surface area contributed by atoms with Gasteiger partial charge in [-0.25, -0.2) is 4.68 Å². The van der Waals surface area contributed by atoms with Crippen molar-refractivity contribution in [1.82, 2.24) is 25.5 Å². The summed E-state index contributed by atoms with van der Waals surface area (Å²) in [6.45, 7) is 8.47. The maximum absolute atomic E-state index is 3.94. The quantitative estimate of drug-likeness (QED) is 0.606. The van der Waals surface area contributed by atoms with Gasteiger partial charge in [-0.2, -0.15) is 0 Å². The summed E-state index contributed by atoms with van der Waals surface area (Å²) >= 11 is 4.88. The Morgan fingerprint density at radius 2 is 2.47 bits per heavy atom. The number of aromatic nitrogens is 4. The zero-order valence-electron chi connectivity index (χ0n) is 8.61. The van der Waals surface area contributed by atoms with E-state index in [2.05, 4.69) is 50.3 Å². The molecule has 0 spiro atoms. The maximum atomic E-state index is 3.94. The average Bonchev–Trinajstić information content (AvgIpc) is 2.63. The fraction of sp³-hybridized carbons (Fsp3) is 0.625. The molecule has 0 aliphatic rings. The SMILES string of the molecule is C=C(Br)CSc1nnnn1CCNCC. The van der Waals surface area contributed by atoms with Gasteiger partial charge in [-0.05, 0) is 21.5 Å².